The van der Waals surface area contributed by atoms with Gasteiger partial charge in [0.2, 0.25) is 0 Å². The minimum atomic E-state index is -0.879. The monoisotopic (exact) mass is 382 g/mol. The first kappa shape index (κ1) is 19.1. The van der Waals surface area contributed by atoms with Gasteiger partial charge in [-0.05, 0) is 56.3 Å². The molecule has 7 nitrogen and oxygen atoms in total. The van der Waals surface area contributed by atoms with Gasteiger partial charge < -0.3 is 14.3 Å². The van der Waals surface area contributed by atoms with Crippen LogP contribution in [0.5, 0.6) is 0 Å². The average molecular weight is 382 g/mol. The van der Waals surface area contributed by atoms with Crippen LogP contribution in [-0.4, -0.2) is 22.6 Å². The Balaban J connectivity index is 1.62. The van der Waals surface area contributed by atoms with Crippen molar-refractivity contribution in [2.75, 3.05) is 0 Å². The number of benzene rings is 1. The predicted molar refractivity (Wildman–Crippen MR) is 101 cm³/mol. The van der Waals surface area contributed by atoms with Crippen molar-refractivity contribution in [2.45, 2.75) is 20.4 Å². The van der Waals surface area contributed by atoms with Gasteiger partial charge in [0.05, 0.1) is 19.0 Å². The Kier molecular flexibility index (Phi) is 5.69. The summed E-state index contributed by atoms with van der Waals surface area (Å²) >= 11 is 0. The molecule has 0 aliphatic heterocycles. The molecular weight excluding hydrogens is 363 g/mol. The number of rotatable bonds is 5. The molecule has 144 valence electrons. The van der Waals surface area contributed by atoms with Gasteiger partial charge in [-0.25, -0.2) is 9.82 Å². The third-order valence-corrected chi connectivity index (χ3v) is 4.13. The lowest BCUT2D eigenvalue weighted by Crippen LogP contribution is -2.37. The first-order valence-electron chi connectivity index (χ1n) is 8.54. The summed E-state index contributed by atoms with van der Waals surface area (Å²) in [5.41, 5.74) is 5.56. The maximum Gasteiger partial charge on any atom is 0.329 e. The zero-order valence-corrected chi connectivity index (χ0v) is 15.4. The molecule has 0 unspecified atom stereocenters. The second kappa shape index (κ2) is 8.34. The molecule has 2 amide bonds. The third kappa shape index (κ3) is 4.35. The highest BCUT2D eigenvalue weighted by atomic mass is 19.1. The fraction of sp³-hybridized carbons (Fsp3) is 0.150. The van der Waals surface area contributed by atoms with Crippen molar-refractivity contribution < 1.29 is 18.4 Å². The Hall–Kier alpha value is -3.68. The molecule has 3 rings (SSSR count). The average Bonchev–Trinajstić information content (AvgIpc) is 3.29. The Morgan fingerprint density at radius 3 is 2.61 bits per heavy atom. The van der Waals surface area contributed by atoms with Gasteiger partial charge in [0.1, 0.15) is 11.6 Å². The van der Waals surface area contributed by atoms with E-state index in [1.165, 1.54) is 24.6 Å². The molecule has 0 aliphatic carbocycles. The fourth-order valence-corrected chi connectivity index (χ4v) is 2.78. The highest BCUT2D eigenvalue weighted by molar-refractivity contribution is 6.35. The van der Waals surface area contributed by atoms with Crippen LogP contribution < -0.4 is 10.7 Å². The zero-order valence-electron chi connectivity index (χ0n) is 15.4. The molecule has 2 heterocycles. The van der Waals surface area contributed by atoms with E-state index in [9.17, 15) is 14.0 Å². The number of nitrogens with one attached hydrogen (secondary N) is 2. The Morgan fingerprint density at radius 2 is 1.93 bits per heavy atom. The highest BCUT2D eigenvalue weighted by Gasteiger charge is 2.13. The molecule has 28 heavy (non-hydrogen) atoms. The Morgan fingerprint density at radius 1 is 1.18 bits per heavy atom. The summed E-state index contributed by atoms with van der Waals surface area (Å²) in [5, 5.41) is 6.28. The third-order valence-electron chi connectivity index (χ3n) is 4.13. The van der Waals surface area contributed by atoms with Crippen LogP contribution >= 0.6 is 0 Å². The Bertz CT molecular complexity index is 1010. The minimum absolute atomic E-state index is 0.113. The number of aromatic nitrogens is 1. The van der Waals surface area contributed by atoms with E-state index < -0.39 is 11.8 Å². The maximum atomic E-state index is 13.1. The summed E-state index contributed by atoms with van der Waals surface area (Å²) in [4.78, 5) is 23.5. The number of aryl methyl sites for hydroxylation is 1. The topological polar surface area (TPSA) is 88.6 Å². The van der Waals surface area contributed by atoms with Crippen molar-refractivity contribution in [3.63, 3.8) is 0 Å². The van der Waals surface area contributed by atoms with E-state index in [0.29, 0.717) is 5.76 Å². The first-order chi connectivity index (χ1) is 13.5. The van der Waals surface area contributed by atoms with Gasteiger partial charge in [-0.2, -0.15) is 5.10 Å². The number of hydrogen-bond acceptors (Lipinski definition) is 4. The van der Waals surface area contributed by atoms with E-state index in [2.05, 4.69) is 15.8 Å². The van der Waals surface area contributed by atoms with Gasteiger partial charge >= 0.3 is 11.8 Å². The van der Waals surface area contributed by atoms with E-state index in [-0.39, 0.29) is 12.4 Å². The van der Waals surface area contributed by atoms with Crippen LogP contribution in [0.25, 0.3) is 5.69 Å². The van der Waals surface area contributed by atoms with Gasteiger partial charge in [-0.1, -0.05) is 0 Å². The van der Waals surface area contributed by atoms with Crippen molar-refractivity contribution in [3.05, 3.63) is 77.3 Å². The second-order valence-corrected chi connectivity index (χ2v) is 6.10. The van der Waals surface area contributed by atoms with Crippen molar-refractivity contribution in [2.24, 2.45) is 5.10 Å². The van der Waals surface area contributed by atoms with E-state index in [0.717, 1.165) is 22.6 Å². The van der Waals surface area contributed by atoms with Crippen molar-refractivity contribution in [1.29, 1.82) is 0 Å². The smallest absolute Gasteiger partial charge is 0.329 e. The zero-order chi connectivity index (χ0) is 20.1. The summed E-state index contributed by atoms with van der Waals surface area (Å²) in [6.07, 6.45) is 2.94. The number of nitrogens with zero attached hydrogens (tertiary/aromatic N) is 2. The van der Waals surface area contributed by atoms with E-state index in [1.54, 1.807) is 24.3 Å². The van der Waals surface area contributed by atoms with Crippen LogP contribution in [0.3, 0.4) is 0 Å². The molecule has 1 aromatic carbocycles. The molecule has 0 radical (unpaired) electrons. The van der Waals surface area contributed by atoms with Crippen LogP contribution in [0.4, 0.5) is 4.39 Å². The molecule has 3 aromatic rings. The maximum absolute atomic E-state index is 13.1. The van der Waals surface area contributed by atoms with Crippen LogP contribution in [0, 0.1) is 19.7 Å². The second-order valence-electron chi connectivity index (χ2n) is 6.10. The molecule has 2 N–H and O–H groups in total. The molecule has 0 bridgehead atoms. The summed E-state index contributed by atoms with van der Waals surface area (Å²) in [7, 11) is 0. The lowest BCUT2D eigenvalue weighted by Gasteiger charge is -2.09. The van der Waals surface area contributed by atoms with Crippen LogP contribution in [-0.2, 0) is 16.1 Å². The molecule has 0 fully saturated rings. The number of halogens is 1. The molecular formula is C20H19FN4O3. The molecule has 8 heteroatoms. The lowest BCUT2D eigenvalue weighted by molar-refractivity contribution is -0.139. The number of amides is 2. The number of hydrogen-bond donors (Lipinski definition) is 2. The normalized spacial score (nSPS) is 11.0. The number of carbonyl (C=O) groups excluding carboxylic acids is 2. The van der Waals surface area contributed by atoms with Crippen molar-refractivity contribution in [3.8, 4) is 5.69 Å². The molecule has 0 spiro atoms. The number of hydrazone groups is 1. The summed E-state index contributed by atoms with van der Waals surface area (Å²) in [5.74, 6) is -1.46. The minimum Gasteiger partial charge on any atom is -0.467 e. The summed E-state index contributed by atoms with van der Waals surface area (Å²) in [6, 6.07) is 11.4. The van der Waals surface area contributed by atoms with E-state index in [4.69, 9.17) is 4.42 Å². The highest BCUT2D eigenvalue weighted by Crippen LogP contribution is 2.19. The van der Waals surface area contributed by atoms with Gasteiger partial charge in [0, 0.05) is 22.6 Å². The van der Waals surface area contributed by atoms with Gasteiger partial charge in [-0.15, -0.1) is 0 Å². The Labute approximate surface area is 160 Å². The van der Waals surface area contributed by atoms with E-state index >= 15 is 0 Å². The predicted octanol–water partition coefficient (Wildman–Crippen LogP) is 2.59. The first-order valence-corrected chi connectivity index (χ1v) is 8.54. The number of carbonyl (C=O) groups is 2. The fourth-order valence-electron chi connectivity index (χ4n) is 2.78. The standard InChI is InChI=1S/C20H19FN4O3/c1-13-10-15(14(2)25(13)17-7-5-16(21)6-8-17)11-23-24-20(27)19(26)22-12-18-4-3-9-28-18/h3-11H,12H2,1-2H3,(H,22,26)(H,24,27)/b23-11-. The van der Waals surface area contributed by atoms with Crippen LogP contribution in [0.2, 0.25) is 0 Å². The summed E-state index contributed by atoms with van der Waals surface area (Å²) < 4.78 is 20.2. The SMILES string of the molecule is Cc1cc(/C=N\NC(=O)C(=O)NCc2ccco2)c(C)n1-c1ccc(F)cc1. The molecule has 0 aliphatic rings. The van der Waals surface area contributed by atoms with Gasteiger partial charge in [0.15, 0.2) is 0 Å². The van der Waals surface area contributed by atoms with E-state index in [1.807, 2.05) is 24.5 Å². The largest absolute Gasteiger partial charge is 0.467 e. The quantitative estimate of drug-likeness (QED) is 0.404. The van der Waals surface area contributed by atoms with Crippen molar-refractivity contribution in [1.82, 2.24) is 15.3 Å². The lowest BCUT2D eigenvalue weighted by atomic mass is 10.2. The molecule has 2 aromatic heterocycles. The summed E-state index contributed by atoms with van der Waals surface area (Å²) in [6.45, 7) is 3.91. The van der Waals surface area contributed by atoms with Gasteiger partial charge in [0.25, 0.3) is 0 Å². The molecule has 0 saturated heterocycles. The molecule has 0 atom stereocenters. The number of furan rings is 1. The van der Waals surface area contributed by atoms with Crippen molar-refractivity contribution >= 4 is 18.0 Å². The van der Waals surface area contributed by atoms with Crippen LogP contribution in [0.1, 0.15) is 22.7 Å². The van der Waals surface area contributed by atoms with Crippen LogP contribution in [0.15, 0.2) is 58.2 Å². The van der Waals surface area contributed by atoms with Gasteiger partial charge in [-0.3, -0.25) is 9.59 Å². The molecule has 0 saturated carbocycles.